The fourth-order valence-electron chi connectivity index (χ4n) is 3.95. The van der Waals surface area contributed by atoms with E-state index in [1.807, 2.05) is 18.2 Å². The van der Waals surface area contributed by atoms with Crippen molar-refractivity contribution in [3.8, 4) is 0 Å². The second-order valence-electron chi connectivity index (χ2n) is 7.31. The first-order valence-corrected chi connectivity index (χ1v) is 9.89. The fraction of sp³-hybridized carbons (Fsp3) is 0.550. The van der Waals surface area contributed by atoms with Gasteiger partial charge in [-0.2, -0.15) is 0 Å². The molecule has 2 aromatic rings. The first-order chi connectivity index (χ1) is 13.2. The molecule has 1 aliphatic carbocycles. The maximum atomic E-state index is 12.9. The van der Waals surface area contributed by atoms with Crippen molar-refractivity contribution in [2.24, 2.45) is 0 Å². The van der Waals surface area contributed by atoms with Crippen molar-refractivity contribution in [1.29, 1.82) is 0 Å². The van der Waals surface area contributed by atoms with Crippen LogP contribution in [-0.2, 0) is 4.74 Å². The molecule has 0 bridgehead atoms. The minimum absolute atomic E-state index is 0.143. The number of carbonyl (C=O) groups excluding carboxylic acids is 2. The third-order valence-electron chi connectivity index (χ3n) is 5.44. The predicted octanol–water partition coefficient (Wildman–Crippen LogP) is 2.26. The summed E-state index contributed by atoms with van der Waals surface area (Å²) in [4.78, 5) is 32.1. The summed E-state index contributed by atoms with van der Waals surface area (Å²) >= 11 is 0. The van der Waals surface area contributed by atoms with Gasteiger partial charge >= 0.3 is 0 Å². The highest BCUT2D eigenvalue weighted by atomic mass is 16.5. The van der Waals surface area contributed by atoms with Gasteiger partial charge in [-0.3, -0.25) is 14.0 Å². The van der Waals surface area contributed by atoms with E-state index in [1.54, 1.807) is 15.5 Å². The van der Waals surface area contributed by atoms with E-state index in [4.69, 9.17) is 4.74 Å². The molecule has 144 valence electrons. The molecular weight excluding hydrogens is 344 g/mol. The fourth-order valence-corrected chi connectivity index (χ4v) is 3.95. The predicted molar refractivity (Wildman–Crippen MR) is 101 cm³/mol. The molecule has 0 aromatic carbocycles. The smallest absolute Gasteiger partial charge is 0.287 e. The number of fused-ring (bicyclic) bond motifs is 1. The first kappa shape index (κ1) is 18.0. The summed E-state index contributed by atoms with van der Waals surface area (Å²) in [5, 5.41) is 3.13. The molecule has 0 radical (unpaired) electrons. The van der Waals surface area contributed by atoms with E-state index in [0.717, 1.165) is 25.7 Å². The first-order valence-electron chi connectivity index (χ1n) is 9.89. The molecule has 1 aliphatic heterocycles. The van der Waals surface area contributed by atoms with Crippen molar-refractivity contribution in [2.45, 2.75) is 44.6 Å². The Morgan fingerprint density at radius 3 is 2.56 bits per heavy atom. The summed E-state index contributed by atoms with van der Waals surface area (Å²) in [7, 11) is 0. The van der Waals surface area contributed by atoms with Gasteiger partial charge in [0.25, 0.3) is 11.8 Å². The number of pyridine rings is 1. The third kappa shape index (κ3) is 3.83. The maximum Gasteiger partial charge on any atom is 0.287 e. The molecule has 2 aromatic heterocycles. The van der Waals surface area contributed by atoms with Gasteiger partial charge < -0.3 is 15.0 Å². The molecule has 3 heterocycles. The van der Waals surface area contributed by atoms with Gasteiger partial charge in [-0.1, -0.05) is 31.7 Å². The van der Waals surface area contributed by atoms with Crippen LogP contribution in [0.15, 0.2) is 24.4 Å². The highest BCUT2D eigenvalue weighted by Gasteiger charge is 2.27. The zero-order chi connectivity index (χ0) is 18.6. The Morgan fingerprint density at radius 1 is 1.07 bits per heavy atom. The van der Waals surface area contributed by atoms with Crippen molar-refractivity contribution < 1.29 is 14.3 Å². The van der Waals surface area contributed by atoms with Crippen LogP contribution < -0.4 is 5.32 Å². The van der Waals surface area contributed by atoms with E-state index >= 15 is 0 Å². The Kier molecular flexibility index (Phi) is 5.38. The van der Waals surface area contributed by atoms with Crippen molar-refractivity contribution in [3.05, 3.63) is 35.9 Å². The minimum Gasteiger partial charge on any atom is -0.378 e. The number of hydrogen-bond acceptors (Lipinski definition) is 4. The minimum atomic E-state index is -0.205. The van der Waals surface area contributed by atoms with Crippen LogP contribution in [0.25, 0.3) is 5.52 Å². The molecule has 2 fully saturated rings. The van der Waals surface area contributed by atoms with Crippen molar-refractivity contribution in [3.63, 3.8) is 0 Å². The van der Waals surface area contributed by atoms with Gasteiger partial charge in [0.2, 0.25) is 5.82 Å². The lowest BCUT2D eigenvalue weighted by atomic mass is 10.1. The van der Waals surface area contributed by atoms with Gasteiger partial charge in [-0.15, -0.1) is 0 Å². The van der Waals surface area contributed by atoms with E-state index < -0.39 is 0 Å². The number of rotatable bonds is 3. The van der Waals surface area contributed by atoms with Crippen LogP contribution >= 0.6 is 0 Å². The SMILES string of the molecule is O=C(NC1CCCCCC1)c1nc(C(=O)N2CCOCC2)c2ccccn12. The monoisotopic (exact) mass is 370 g/mol. The number of nitrogens with one attached hydrogen (secondary N) is 1. The largest absolute Gasteiger partial charge is 0.378 e. The molecule has 7 nitrogen and oxygen atoms in total. The highest BCUT2D eigenvalue weighted by molar-refractivity contribution is 6.02. The van der Waals surface area contributed by atoms with Crippen LogP contribution in [-0.4, -0.2) is 58.4 Å². The Morgan fingerprint density at radius 2 is 1.81 bits per heavy atom. The van der Waals surface area contributed by atoms with Crippen molar-refractivity contribution >= 4 is 17.3 Å². The third-order valence-corrected chi connectivity index (χ3v) is 5.44. The summed E-state index contributed by atoms with van der Waals surface area (Å²) in [6.07, 6.45) is 8.57. The van der Waals surface area contributed by atoms with E-state index in [1.165, 1.54) is 12.8 Å². The number of nitrogens with zero attached hydrogens (tertiary/aromatic N) is 3. The number of ether oxygens (including phenoxy) is 1. The number of imidazole rings is 1. The second kappa shape index (κ2) is 8.08. The van der Waals surface area contributed by atoms with Gasteiger partial charge in [-0.25, -0.2) is 4.98 Å². The molecule has 1 saturated heterocycles. The molecule has 0 atom stereocenters. The van der Waals surface area contributed by atoms with Crippen molar-refractivity contribution in [1.82, 2.24) is 19.6 Å². The van der Waals surface area contributed by atoms with Crippen LogP contribution in [0, 0.1) is 0 Å². The van der Waals surface area contributed by atoms with Crippen LogP contribution in [0.2, 0.25) is 0 Å². The van der Waals surface area contributed by atoms with E-state index in [-0.39, 0.29) is 23.7 Å². The lowest BCUT2D eigenvalue weighted by molar-refractivity contribution is 0.0300. The Labute approximate surface area is 158 Å². The molecule has 0 unspecified atom stereocenters. The van der Waals surface area contributed by atoms with E-state index in [9.17, 15) is 9.59 Å². The quantitative estimate of drug-likeness (QED) is 0.841. The summed E-state index contributed by atoms with van der Waals surface area (Å²) in [6.45, 7) is 2.17. The van der Waals surface area contributed by atoms with Gasteiger partial charge in [-0.05, 0) is 25.0 Å². The summed E-state index contributed by atoms with van der Waals surface area (Å²) in [5.74, 6) is -0.0638. The van der Waals surface area contributed by atoms with Crippen molar-refractivity contribution in [2.75, 3.05) is 26.3 Å². The van der Waals surface area contributed by atoms with Gasteiger partial charge in [0.15, 0.2) is 5.69 Å². The average Bonchev–Trinajstić information content (AvgIpc) is 2.91. The summed E-state index contributed by atoms with van der Waals surface area (Å²) in [5.41, 5.74) is 1.00. The summed E-state index contributed by atoms with van der Waals surface area (Å²) in [6, 6.07) is 5.73. The highest BCUT2D eigenvalue weighted by Crippen LogP contribution is 2.19. The van der Waals surface area contributed by atoms with Crippen LogP contribution in [0.3, 0.4) is 0 Å². The van der Waals surface area contributed by atoms with E-state index in [2.05, 4.69) is 10.3 Å². The topological polar surface area (TPSA) is 75.9 Å². The van der Waals surface area contributed by atoms with Crippen LogP contribution in [0.4, 0.5) is 0 Å². The summed E-state index contributed by atoms with van der Waals surface area (Å²) < 4.78 is 7.05. The number of carbonyl (C=O) groups is 2. The molecule has 0 spiro atoms. The van der Waals surface area contributed by atoms with Gasteiger partial charge in [0.05, 0.1) is 18.7 Å². The normalized spacial score (nSPS) is 19.0. The maximum absolute atomic E-state index is 12.9. The lowest BCUT2D eigenvalue weighted by Gasteiger charge is -2.26. The zero-order valence-corrected chi connectivity index (χ0v) is 15.5. The van der Waals surface area contributed by atoms with Crippen LogP contribution in [0.1, 0.15) is 59.6 Å². The molecule has 1 saturated carbocycles. The zero-order valence-electron chi connectivity index (χ0n) is 15.5. The molecule has 2 aliphatic rings. The molecule has 2 amide bonds. The van der Waals surface area contributed by atoms with Crippen LogP contribution in [0.5, 0.6) is 0 Å². The molecule has 7 heteroatoms. The molecular formula is C20H26N4O3. The molecule has 4 rings (SSSR count). The Balaban J connectivity index is 1.61. The Bertz CT molecular complexity index is 818. The molecule has 1 N–H and O–H groups in total. The Hall–Kier alpha value is -2.41. The number of aromatic nitrogens is 2. The second-order valence-corrected chi connectivity index (χ2v) is 7.31. The number of hydrogen-bond donors (Lipinski definition) is 1. The molecule has 27 heavy (non-hydrogen) atoms. The number of morpholine rings is 1. The standard InChI is InChI=1S/C20H26N4O3/c25-19(21-15-7-3-1-2-4-8-15)18-22-17(16-9-5-6-10-24(16)18)20(26)23-11-13-27-14-12-23/h5-6,9-10,15H,1-4,7-8,11-14H2,(H,21,25). The lowest BCUT2D eigenvalue weighted by Crippen LogP contribution is -2.41. The number of amides is 2. The van der Waals surface area contributed by atoms with Gasteiger partial charge in [0, 0.05) is 25.3 Å². The van der Waals surface area contributed by atoms with Gasteiger partial charge in [0.1, 0.15) is 0 Å². The van der Waals surface area contributed by atoms with E-state index in [0.29, 0.717) is 37.5 Å². The average molecular weight is 370 g/mol.